The molecule has 5 rings (SSSR count). The van der Waals surface area contributed by atoms with Crippen LogP contribution < -0.4 is 0 Å². The zero-order valence-electron chi connectivity index (χ0n) is 23.1. The van der Waals surface area contributed by atoms with Crippen LogP contribution in [-0.4, -0.2) is 53.5 Å². The van der Waals surface area contributed by atoms with Crippen LogP contribution in [0.2, 0.25) is 0 Å². The Bertz CT molecular complexity index is 1430. The molecular formula is C34H32O7S. The third-order valence-corrected chi connectivity index (χ3v) is 7.95. The summed E-state index contributed by atoms with van der Waals surface area (Å²) in [6, 6.07) is 34.5. The average molecular weight is 585 g/mol. The monoisotopic (exact) mass is 584 g/mol. The Kier molecular flexibility index (Phi) is 10.0. The second-order valence-corrected chi connectivity index (χ2v) is 11.1. The van der Waals surface area contributed by atoms with Crippen LogP contribution in [0.4, 0.5) is 0 Å². The minimum atomic E-state index is -1.34. The number of hydrogen-bond donors (Lipinski definition) is 1. The fourth-order valence-electron chi connectivity index (χ4n) is 4.53. The molecular weight excluding hydrogens is 552 g/mol. The number of aliphatic hydroxyl groups is 1. The summed E-state index contributed by atoms with van der Waals surface area (Å²) in [6.45, 7) is 2.33. The normalized spacial score (nSPS) is 21.8. The second kappa shape index (κ2) is 14.3. The smallest absolute Gasteiger partial charge is 0.338 e. The topological polar surface area (TPSA) is 91.3 Å². The Hall–Kier alpha value is -3.95. The van der Waals surface area contributed by atoms with Crippen molar-refractivity contribution in [1.82, 2.24) is 0 Å². The van der Waals surface area contributed by atoms with Crippen molar-refractivity contribution in [3.8, 4) is 0 Å². The summed E-state index contributed by atoms with van der Waals surface area (Å²) in [5.74, 6) is -1.27. The Morgan fingerprint density at radius 2 is 1.26 bits per heavy atom. The molecule has 216 valence electrons. The Morgan fingerprint density at radius 3 is 1.83 bits per heavy atom. The lowest BCUT2D eigenvalue weighted by Gasteiger charge is -2.43. The summed E-state index contributed by atoms with van der Waals surface area (Å²) in [5, 5.41) is 11.5. The van der Waals surface area contributed by atoms with E-state index in [0.29, 0.717) is 17.7 Å². The zero-order chi connectivity index (χ0) is 29.3. The Balaban J connectivity index is 1.43. The maximum Gasteiger partial charge on any atom is 0.338 e. The van der Waals surface area contributed by atoms with Crippen molar-refractivity contribution in [1.29, 1.82) is 0 Å². The summed E-state index contributed by atoms with van der Waals surface area (Å²) in [6.07, 6.45) is -4.56. The van der Waals surface area contributed by atoms with Gasteiger partial charge in [-0.05, 0) is 48.9 Å². The number of benzene rings is 4. The Morgan fingerprint density at radius 1 is 0.738 bits per heavy atom. The van der Waals surface area contributed by atoms with Gasteiger partial charge in [-0.1, -0.05) is 96.2 Å². The van der Waals surface area contributed by atoms with E-state index >= 15 is 0 Å². The van der Waals surface area contributed by atoms with E-state index in [1.54, 1.807) is 60.7 Å². The fourth-order valence-corrected chi connectivity index (χ4v) is 5.64. The molecule has 1 N–H and O–H groups in total. The highest BCUT2D eigenvalue weighted by Gasteiger charge is 2.50. The van der Waals surface area contributed by atoms with E-state index in [1.807, 2.05) is 61.5 Å². The van der Waals surface area contributed by atoms with Crippen molar-refractivity contribution in [3.05, 3.63) is 138 Å². The number of hydrogen-bond acceptors (Lipinski definition) is 8. The molecule has 4 aromatic rings. The van der Waals surface area contributed by atoms with Crippen molar-refractivity contribution >= 4 is 23.7 Å². The van der Waals surface area contributed by atoms with Gasteiger partial charge in [-0.15, -0.1) is 0 Å². The molecule has 1 aliphatic heterocycles. The largest absolute Gasteiger partial charge is 0.452 e. The molecule has 5 atom stereocenters. The molecule has 0 unspecified atom stereocenters. The molecule has 1 aliphatic rings. The average Bonchev–Trinajstić information content (AvgIpc) is 3.03. The first-order valence-electron chi connectivity index (χ1n) is 13.7. The first-order chi connectivity index (χ1) is 20.5. The predicted octanol–water partition coefficient (Wildman–Crippen LogP) is 5.84. The molecule has 0 aromatic heterocycles. The third-order valence-electron chi connectivity index (χ3n) is 6.79. The standard InChI is InChI=1S/C34H32O7S/c1-23-17-19-27(20-18-23)42-34-31(41-33(37)26-15-9-4-10-16-26)30(40-32(36)25-13-7-3-8-14-25)29(35)28(39-34)22-38-21-24-11-5-2-6-12-24/h2-20,28-31,34-35H,21-22H2,1H3/t28-,29-,30+,31-,34+/m1/s1. The van der Waals surface area contributed by atoms with Crippen molar-refractivity contribution in [2.75, 3.05) is 6.61 Å². The fraction of sp³-hybridized carbons (Fsp3) is 0.235. The molecule has 0 spiro atoms. The van der Waals surface area contributed by atoms with Crippen LogP contribution in [-0.2, 0) is 25.6 Å². The van der Waals surface area contributed by atoms with Gasteiger partial charge >= 0.3 is 11.9 Å². The van der Waals surface area contributed by atoms with Gasteiger partial charge in [-0.3, -0.25) is 0 Å². The SMILES string of the molecule is Cc1ccc(S[C@@H]2O[C@H](COCc3ccccc3)[C@@H](O)[C@H](OC(=O)c3ccccc3)[C@H]2OC(=O)c2ccccc2)cc1. The number of aryl methyl sites for hydroxylation is 1. The minimum Gasteiger partial charge on any atom is -0.452 e. The third kappa shape index (κ3) is 7.66. The lowest BCUT2D eigenvalue weighted by atomic mass is 9.99. The second-order valence-electron chi connectivity index (χ2n) is 9.94. The van der Waals surface area contributed by atoms with Gasteiger partial charge in [0.05, 0.1) is 24.3 Å². The molecule has 8 heteroatoms. The molecule has 0 bridgehead atoms. The van der Waals surface area contributed by atoms with Crippen LogP contribution in [0, 0.1) is 6.92 Å². The maximum absolute atomic E-state index is 13.2. The highest BCUT2D eigenvalue weighted by atomic mass is 32.2. The number of ether oxygens (including phenoxy) is 4. The summed E-state index contributed by atoms with van der Waals surface area (Å²) in [7, 11) is 0. The number of aliphatic hydroxyl groups excluding tert-OH is 1. The van der Waals surface area contributed by atoms with Crippen molar-refractivity contribution in [2.45, 2.75) is 48.3 Å². The summed E-state index contributed by atoms with van der Waals surface area (Å²) < 4.78 is 24.2. The Labute approximate surface area is 249 Å². The van der Waals surface area contributed by atoms with Gasteiger partial charge in [0.15, 0.2) is 12.2 Å². The van der Waals surface area contributed by atoms with Gasteiger partial charge in [0.2, 0.25) is 0 Å². The van der Waals surface area contributed by atoms with Gasteiger partial charge < -0.3 is 24.1 Å². The van der Waals surface area contributed by atoms with E-state index in [9.17, 15) is 14.7 Å². The number of carbonyl (C=O) groups excluding carboxylic acids is 2. The van der Waals surface area contributed by atoms with Crippen molar-refractivity contribution in [2.24, 2.45) is 0 Å². The van der Waals surface area contributed by atoms with E-state index in [2.05, 4.69) is 0 Å². The summed E-state index contributed by atoms with van der Waals surface area (Å²) in [4.78, 5) is 27.3. The molecule has 42 heavy (non-hydrogen) atoms. The van der Waals surface area contributed by atoms with E-state index in [0.717, 1.165) is 16.0 Å². The molecule has 0 aliphatic carbocycles. The van der Waals surface area contributed by atoms with Crippen LogP contribution in [0.15, 0.2) is 120 Å². The van der Waals surface area contributed by atoms with Gasteiger partial charge in [-0.2, -0.15) is 0 Å². The first-order valence-corrected chi connectivity index (χ1v) is 14.6. The molecule has 4 aromatic carbocycles. The van der Waals surface area contributed by atoms with E-state index in [-0.39, 0.29) is 6.61 Å². The lowest BCUT2D eigenvalue weighted by molar-refractivity contribution is -0.211. The first kappa shape index (κ1) is 29.5. The highest BCUT2D eigenvalue weighted by molar-refractivity contribution is 7.99. The number of carbonyl (C=O) groups is 2. The van der Waals surface area contributed by atoms with Gasteiger partial charge in [0.25, 0.3) is 0 Å². The zero-order valence-corrected chi connectivity index (χ0v) is 23.9. The van der Waals surface area contributed by atoms with Gasteiger partial charge in [0.1, 0.15) is 17.6 Å². The van der Waals surface area contributed by atoms with E-state index in [1.165, 1.54) is 11.8 Å². The minimum absolute atomic E-state index is 0.0275. The van der Waals surface area contributed by atoms with Crippen molar-refractivity contribution in [3.63, 3.8) is 0 Å². The van der Waals surface area contributed by atoms with Crippen LogP contribution in [0.1, 0.15) is 31.8 Å². The van der Waals surface area contributed by atoms with E-state index in [4.69, 9.17) is 18.9 Å². The van der Waals surface area contributed by atoms with E-state index < -0.39 is 41.8 Å². The number of rotatable bonds is 10. The lowest BCUT2D eigenvalue weighted by Crippen LogP contribution is -2.60. The van der Waals surface area contributed by atoms with Crippen molar-refractivity contribution < 1.29 is 33.6 Å². The maximum atomic E-state index is 13.2. The van der Waals surface area contributed by atoms with Gasteiger partial charge in [-0.25, -0.2) is 9.59 Å². The molecule has 1 fully saturated rings. The predicted molar refractivity (Wildman–Crippen MR) is 159 cm³/mol. The molecule has 0 saturated carbocycles. The molecule has 0 radical (unpaired) electrons. The summed E-state index contributed by atoms with van der Waals surface area (Å²) in [5.41, 5.74) is 1.88. The number of thioether (sulfide) groups is 1. The molecule has 1 saturated heterocycles. The molecule has 0 amide bonds. The van der Waals surface area contributed by atoms with Crippen LogP contribution >= 0.6 is 11.8 Å². The highest BCUT2D eigenvalue weighted by Crippen LogP contribution is 2.37. The van der Waals surface area contributed by atoms with Crippen LogP contribution in [0.5, 0.6) is 0 Å². The quantitative estimate of drug-likeness (QED) is 0.233. The number of esters is 2. The molecule has 7 nitrogen and oxygen atoms in total. The summed E-state index contributed by atoms with van der Waals surface area (Å²) >= 11 is 1.32. The molecule has 1 heterocycles. The van der Waals surface area contributed by atoms with Gasteiger partial charge in [0, 0.05) is 4.90 Å². The van der Waals surface area contributed by atoms with Crippen LogP contribution in [0.3, 0.4) is 0 Å². The van der Waals surface area contributed by atoms with Crippen LogP contribution in [0.25, 0.3) is 0 Å².